The van der Waals surface area contributed by atoms with E-state index >= 15 is 0 Å². The molecule has 0 aromatic rings. The van der Waals surface area contributed by atoms with Gasteiger partial charge in [-0.2, -0.15) is 13.2 Å². The van der Waals surface area contributed by atoms with E-state index < -0.39 is 19.8 Å². The first-order valence-electron chi connectivity index (χ1n) is 1.67. The summed E-state index contributed by atoms with van der Waals surface area (Å²) in [6.45, 7) is 0. The molecule has 0 aromatic heterocycles. The average molecular weight is 243 g/mol. The molecular weight excluding hydrogens is 241 g/mol. The van der Waals surface area contributed by atoms with Crippen LogP contribution in [0.15, 0.2) is 0 Å². The summed E-state index contributed by atoms with van der Waals surface area (Å²) in [7, 11) is -1.56. The van der Waals surface area contributed by atoms with Crippen molar-refractivity contribution in [3.05, 3.63) is 0 Å². The van der Waals surface area contributed by atoms with Gasteiger partial charge in [0.25, 0.3) is 0 Å². The van der Waals surface area contributed by atoms with Crippen LogP contribution in [0.2, 0.25) is 0 Å². The third-order valence-corrected chi connectivity index (χ3v) is 3.54. The molecule has 0 aromatic carbocycles. The van der Waals surface area contributed by atoms with Gasteiger partial charge in [0.1, 0.15) is 0 Å². The van der Waals surface area contributed by atoms with Crippen molar-refractivity contribution < 1.29 is 17.4 Å². The number of rotatable bonds is 2. The molecule has 0 aliphatic heterocycles. The van der Waals surface area contributed by atoms with Crippen LogP contribution in [0.5, 0.6) is 0 Å². The summed E-state index contributed by atoms with van der Waals surface area (Å²) in [6, 6.07) is 0. The van der Waals surface area contributed by atoms with Gasteiger partial charge in [-0.15, -0.1) is 0 Å². The highest BCUT2D eigenvalue weighted by Crippen LogP contribution is 2.30. The molecule has 7 heteroatoms. The summed E-state index contributed by atoms with van der Waals surface area (Å²) in [6.07, 6.45) is 0. The minimum atomic E-state index is -4.27. The lowest BCUT2D eigenvalue weighted by Crippen LogP contribution is -2.01. The van der Waals surface area contributed by atoms with E-state index in [1.807, 2.05) is 0 Å². The fourth-order valence-corrected chi connectivity index (χ4v) is 1.86. The predicted molar refractivity (Wildman–Crippen MR) is 35.6 cm³/mol. The third kappa shape index (κ3) is 8.77. The van der Waals surface area contributed by atoms with Crippen molar-refractivity contribution in [1.29, 1.82) is 0 Å². The van der Waals surface area contributed by atoms with Gasteiger partial charge in [-0.3, -0.25) is 0 Å². The molecule has 0 N–H and O–H groups in total. The number of halogens is 4. The van der Waals surface area contributed by atoms with Crippen molar-refractivity contribution in [3.63, 3.8) is 0 Å². The van der Waals surface area contributed by atoms with E-state index in [0.29, 0.717) is 0 Å². The summed E-state index contributed by atoms with van der Waals surface area (Å²) < 4.78 is 43.7. The standard InChI is InChI=1S/C2H2BrF3OS2/c3-9(7)1-8-2(4,5)6/h1H2. The Bertz CT molecular complexity index is 113. The Morgan fingerprint density at radius 3 is 2.11 bits per heavy atom. The lowest BCUT2D eigenvalue weighted by atomic mass is 11.6. The van der Waals surface area contributed by atoms with Crippen LogP contribution in [0.25, 0.3) is 0 Å². The van der Waals surface area contributed by atoms with Crippen LogP contribution in [-0.4, -0.2) is 14.8 Å². The Hall–Kier alpha value is 0.770. The quantitative estimate of drug-likeness (QED) is 0.692. The molecular formula is C2H2BrF3OS2. The van der Waals surface area contributed by atoms with Gasteiger partial charge in [0, 0.05) is 14.8 Å². The lowest BCUT2D eigenvalue weighted by molar-refractivity contribution is -0.0324. The second kappa shape index (κ2) is 3.82. The van der Waals surface area contributed by atoms with E-state index in [9.17, 15) is 17.4 Å². The number of hydrogen-bond acceptors (Lipinski definition) is 2. The molecule has 0 fully saturated rings. The van der Waals surface area contributed by atoms with Gasteiger partial charge in [0.15, 0.2) is 0 Å². The van der Waals surface area contributed by atoms with Gasteiger partial charge in [-0.25, -0.2) is 4.21 Å². The largest absolute Gasteiger partial charge is 0.442 e. The Morgan fingerprint density at radius 1 is 1.56 bits per heavy atom. The molecule has 9 heavy (non-hydrogen) atoms. The Balaban J connectivity index is 3.39. The maximum atomic E-state index is 11.2. The van der Waals surface area contributed by atoms with Gasteiger partial charge in [-0.1, -0.05) is 0 Å². The number of thioether (sulfide) groups is 1. The Morgan fingerprint density at radius 2 is 2.00 bits per heavy atom. The van der Waals surface area contributed by atoms with Gasteiger partial charge in [0.2, 0.25) is 0 Å². The first-order chi connectivity index (χ1) is 3.92. The number of hydrogen-bond donors (Lipinski definition) is 0. The highest BCUT2D eigenvalue weighted by atomic mass is 79.9. The summed E-state index contributed by atoms with van der Waals surface area (Å²) >= 11 is 2.17. The van der Waals surface area contributed by atoms with E-state index in [1.54, 1.807) is 0 Å². The van der Waals surface area contributed by atoms with Crippen LogP contribution >= 0.6 is 26.6 Å². The fourth-order valence-electron chi connectivity index (χ4n) is 0.113. The molecule has 0 aliphatic carbocycles. The van der Waals surface area contributed by atoms with Crippen LogP contribution in [0.3, 0.4) is 0 Å². The van der Waals surface area contributed by atoms with Crippen molar-refractivity contribution in [2.75, 3.05) is 5.08 Å². The Labute approximate surface area is 64.0 Å². The summed E-state index contributed by atoms with van der Waals surface area (Å²) in [5.41, 5.74) is -4.27. The van der Waals surface area contributed by atoms with Crippen LogP contribution in [0.1, 0.15) is 0 Å². The van der Waals surface area contributed by atoms with Crippen LogP contribution < -0.4 is 0 Å². The summed E-state index contributed by atoms with van der Waals surface area (Å²) in [4.78, 5) is 0. The molecule has 0 bridgehead atoms. The van der Waals surface area contributed by atoms with Crippen molar-refractivity contribution in [3.8, 4) is 0 Å². The molecule has 1 atom stereocenters. The monoisotopic (exact) mass is 242 g/mol. The average Bonchev–Trinajstić information content (AvgIpc) is 1.59. The first-order valence-corrected chi connectivity index (χ1v) is 5.82. The topological polar surface area (TPSA) is 17.1 Å². The van der Waals surface area contributed by atoms with Gasteiger partial charge in [-0.05, 0) is 11.8 Å². The van der Waals surface area contributed by atoms with E-state index in [4.69, 9.17) is 0 Å². The van der Waals surface area contributed by atoms with Crippen molar-refractivity contribution in [2.45, 2.75) is 5.51 Å². The van der Waals surface area contributed by atoms with Crippen molar-refractivity contribution in [1.82, 2.24) is 0 Å². The molecule has 1 nitrogen and oxygen atoms in total. The normalized spacial score (nSPS) is 15.6. The molecule has 0 rings (SSSR count). The van der Waals surface area contributed by atoms with E-state index in [2.05, 4.69) is 14.8 Å². The molecule has 0 amide bonds. The zero-order valence-electron chi connectivity index (χ0n) is 3.94. The van der Waals surface area contributed by atoms with Crippen LogP contribution in [0, 0.1) is 0 Å². The SMILES string of the molecule is O=S(Br)CSC(F)(F)F. The maximum absolute atomic E-state index is 11.2. The molecule has 1 unspecified atom stereocenters. The predicted octanol–water partition coefficient (Wildman–Crippen LogP) is 2.26. The second-order valence-electron chi connectivity index (χ2n) is 0.998. The third-order valence-electron chi connectivity index (χ3n) is 0.315. The first kappa shape index (κ1) is 9.77. The number of alkyl halides is 3. The zero-order chi connectivity index (χ0) is 7.49. The molecule has 0 saturated heterocycles. The van der Waals surface area contributed by atoms with E-state index in [-0.39, 0.29) is 11.8 Å². The maximum Gasteiger partial charge on any atom is 0.442 e. The molecule has 0 spiro atoms. The highest BCUT2D eigenvalue weighted by molar-refractivity contribution is 9.46. The lowest BCUT2D eigenvalue weighted by Gasteiger charge is -2.00. The molecule has 0 heterocycles. The fraction of sp³-hybridized carbons (Fsp3) is 1.00. The van der Waals surface area contributed by atoms with E-state index in [0.717, 1.165) is 0 Å². The summed E-state index contributed by atoms with van der Waals surface area (Å²) in [5.74, 6) is 0. The van der Waals surface area contributed by atoms with Gasteiger partial charge >= 0.3 is 5.51 Å². The molecule has 0 radical (unpaired) electrons. The minimum Gasteiger partial charge on any atom is -0.247 e. The van der Waals surface area contributed by atoms with Gasteiger partial charge < -0.3 is 0 Å². The van der Waals surface area contributed by atoms with Crippen molar-refractivity contribution in [2.24, 2.45) is 0 Å². The molecule has 0 aliphatic rings. The van der Waals surface area contributed by atoms with E-state index in [1.165, 1.54) is 0 Å². The van der Waals surface area contributed by atoms with Crippen LogP contribution in [-0.2, 0) is 9.23 Å². The van der Waals surface area contributed by atoms with Gasteiger partial charge in [0.05, 0.1) is 14.3 Å². The smallest absolute Gasteiger partial charge is 0.247 e. The minimum absolute atomic E-state index is 0.305. The molecule has 56 valence electrons. The summed E-state index contributed by atoms with van der Waals surface area (Å²) in [5, 5.41) is -0.455. The Kier molecular flexibility index (Phi) is 4.15. The highest BCUT2D eigenvalue weighted by Gasteiger charge is 2.28. The van der Waals surface area contributed by atoms with Crippen LogP contribution in [0.4, 0.5) is 13.2 Å². The van der Waals surface area contributed by atoms with Crippen molar-refractivity contribution >= 4 is 35.8 Å². The molecule has 0 saturated carbocycles. The zero-order valence-corrected chi connectivity index (χ0v) is 7.16. The second-order valence-corrected chi connectivity index (χ2v) is 5.44.